The number of hydrogen-bond acceptors (Lipinski definition) is 2. The minimum Gasteiger partial charge on any atom is -0.392 e. The van der Waals surface area contributed by atoms with Crippen LogP contribution in [0.4, 0.5) is 13.2 Å². The second kappa shape index (κ2) is 3.22. The van der Waals surface area contributed by atoms with E-state index < -0.39 is 18.3 Å². The van der Waals surface area contributed by atoms with Crippen LogP contribution in [0.3, 0.4) is 0 Å². The first kappa shape index (κ1) is 9.80. The zero-order chi connectivity index (χ0) is 9.35. The van der Waals surface area contributed by atoms with Crippen LogP contribution < -0.4 is 5.32 Å². The van der Waals surface area contributed by atoms with E-state index >= 15 is 0 Å². The fourth-order valence-electron chi connectivity index (χ4n) is 1.09. The second-order valence-corrected chi connectivity index (χ2v) is 3.18. The quantitative estimate of drug-likeness (QED) is 0.670. The number of aliphatic hydroxyl groups excluding tert-OH is 1. The van der Waals surface area contributed by atoms with E-state index in [9.17, 15) is 13.2 Å². The van der Waals surface area contributed by atoms with Gasteiger partial charge in [-0.05, 0) is 19.8 Å². The Morgan fingerprint density at radius 2 is 2.00 bits per heavy atom. The number of hydrogen-bond donors (Lipinski definition) is 2. The predicted octanol–water partition coefficient (Wildman–Crippen LogP) is 1.05. The van der Waals surface area contributed by atoms with E-state index in [4.69, 9.17) is 5.11 Å². The fraction of sp³-hybridized carbons (Fsp3) is 1.00. The maximum absolute atomic E-state index is 12.0. The van der Waals surface area contributed by atoms with Crippen LogP contribution in [0.2, 0.25) is 0 Å². The predicted molar refractivity (Wildman–Crippen MR) is 37.7 cm³/mol. The van der Waals surface area contributed by atoms with Gasteiger partial charge >= 0.3 is 6.18 Å². The first-order chi connectivity index (χ1) is 5.41. The van der Waals surface area contributed by atoms with Gasteiger partial charge in [-0.25, -0.2) is 0 Å². The SMILES string of the molecule is CC(N[C@@H]1CC[C@H]1O)C(F)(F)F. The summed E-state index contributed by atoms with van der Waals surface area (Å²) in [5.74, 6) is 0. The molecule has 0 aromatic heterocycles. The molecule has 0 amide bonds. The molecule has 1 fully saturated rings. The van der Waals surface area contributed by atoms with Crippen LogP contribution in [0.5, 0.6) is 0 Å². The molecule has 1 rings (SSSR count). The highest BCUT2D eigenvalue weighted by Gasteiger charge is 2.40. The minimum atomic E-state index is -4.21. The van der Waals surface area contributed by atoms with E-state index in [2.05, 4.69) is 5.32 Å². The van der Waals surface area contributed by atoms with Crippen LogP contribution in [0.1, 0.15) is 19.8 Å². The lowest BCUT2D eigenvalue weighted by Crippen LogP contribution is -2.54. The van der Waals surface area contributed by atoms with Crippen LogP contribution in [0, 0.1) is 0 Å². The van der Waals surface area contributed by atoms with Crippen molar-refractivity contribution in [3.05, 3.63) is 0 Å². The summed E-state index contributed by atoms with van der Waals surface area (Å²) in [7, 11) is 0. The van der Waals surface area contributed by atoms with Crippen molar-refractivity contribution in [2.45, 2.75) is 44.1 Å². The Hall–Kier alpha value is -0.290. The number of alkyl halides is 3. The maximum Gasteiger partial charge on any atom is 0.403 e. The summed E-state index contributed by atoms with van der Waals surface area (Å²) in [6.07, 6.45) is -3.59. The summed E-state index contributed by atoms with van der Waals surface area (Å²) in [6.45, 7) is 1.06. The topological polar surface area (TPSA) is 32.3 Å². The third kappa shape index (κ3) is 2.10. The van der Waals surface area contributed by atoms with Crippen LogP contribution in [-0.2, 0) is 0 Å². The highest BCUT2D eigenvalue weighted by Crippen LogP contribution is 2.25. The van der Waals surface area contributed by atoms with E-state index in [1.807, 2.05) is 0 Å². The molecular formula is C7H12F3NO. The van der Waals surface area contributed by atoms with Gasteiger partial charge in [0.1, 0.15) is 6.04 Å². The smallest absolute Gasteiger partial charge is 0.392 e. The summed E-state index contributed by atoms with van der Waals surface area (Å²) in [5, 5.41) is 11.3. The Kier molecular flexibility index (Phi) is 2.63. The normalized spacial score (nSPS) is 32.8. The lowest BCUT2D eigenvalue weighted by molar-refractivity contribution is -0.157. The van der Waals surface area contributed by atoms with Gasteiger partial charge in [-0.3, -0.25) is 0 Å². The Balaban J connectivity index is 2.31. The van der Waals surface area contributed by atoms with Crippen molar-refractivity contribution in [1.82, 2.24) is 5.32 Å². The van der Waals surface area contributed by atoms with E-state index in [-0.39, 0.29) is 6.04 Å². The molecule has 72 valence electrons. The van der Waals surface area contributed by atoms with Gasteiger partial charge in [0.05, 0.1) is 6.10 Å². The largest absolute Gasteiger partial charge is 0.403 e. The second-order valence-electron chi connectivity index (χ2n) is 3.18. The van der Waals surface area contributed by atoms with Crippen molar-refractivity contribution in [3.63, 3.8) is 0 Å². The molecule has 3 atom stereocenters. The summed E-state index contributed by atoms with van der Waals surface area (Å²) in [6, 6.07) is -1.90. The molecule has 1 unspecified atom stereocenters. The number of rotatable bonds is 2. The number of aliphatic hydroxyl groups is 1. The van der Waals surface area contributed by atoms with Gasteiger partial charge in [0.2, 0.25) is 0 Å². The molecule has 12 heavy (non-hydrogen) atoms. The van der Waals surface area contributed by atoms with Crippen molar-refractivity contribution < 1.29 is 18.3 Å². The average molecular weight is 183 g/mol. The summed E-state index contributed by atoms with van der Waals surface area (Å²) < 4.78 is 35.9. The summed E-state index contributed by atoms with van der Waals surface area (Å²) >= 11 is 0. The fourth-order valence-corrected chi connectivity index (χ4v) is 1.09. The number of nitrogens with one attached hydrogen (secondary N) is 1. The molecule has 1 saturated carbocycles. The van der Waals surface area contributed by atoms with Gasteiger partial charge in [0.15, 0.2) is 0 Å². The monoisotopic (exact) mass is 183 g/mol. The molecule has 1 aliphatic carbocycles. The molecule has 0 heterocycles. The molecule has 2 N–H and O–H groups in total. The maximum atomic E-state index is 12.0. The lowest BCUT2D eigenvalue weighted by Gasteiger charge is -2.35. The van der Waals surface area contributed by atoms with Crippen LogP contribution >= 0.6 is 0 Å². The van der Waals surface area contributed by atoms with Crippen LogP contribution in [0.15, 0.2) is 0 Å². The first-order valence-corrected chi connectivity index (χ1v) is 3.92. The molecule has 0 saturated heterocycles. The molecule has 0 radical (unpaired) electrons. The molecule has 5 heteroatoms. The molecule has 2 nitrogen and oxygen atoms in total. The van der Waals surface area contributed by atoms with Gasteiger partial charge in [-0.2, -0.15) is 13.2 Å². The average Bonchev–Trinajstić information content (AvgIpc) is 1.95. The van der Waals surface area contributed by atoms with Gasteiger partial charge < -0.3 is 10.4 Å². The van der Waals surface area contributed by atoms with Crippen molar-refractivity contribution in [2.75, 3.05) is 0 Å². The lowest BCUT2D eigenvalue weighted by atomic mass is 9.89. The molecule has 0 aliphatic heterocycles. The van der Waals surface area contributed by atoms with E-state index in [1.54, 1.807) is 0 Å². The van der Waals surface area contributed by atoms with Crippen LogP contribution in [-0.4, -0.2) is 29.5 Å². The van der Waals surface area contributed by atoms with Gasteiger partial charge in [-0.15, -0.1) is 0 Å². The molecule has 0 aromatic rings. The van der Waals surface area contributed by atoms with Crippen molar-refractivity contribution >= 4 is 0 Å². The summed E-state index contributed by atoms with van der Waals surface area (Å²) in [4.78, 5) is 0. The third-order valence-corrected chi connectivity index (χ3v) is 2.19. The van der Waals surface area contributed by atoms with E-state index in [1.165, 1.54) is 0 Å². The molecule has 1 aliphatic rings. The van der Waals surface area contributed by atoms with Crippen molar-refractivity contribution in [1.29, 1.82) is 0 Å². The Labute approximate surface area is 68.8 Å². The molecule has 0 aromatic carbocycles. The number of halogens is 3. The van der Waals surface area contributed by atoms with E-state index in [0.717, 1.165) is 6.92 Å². The molecular weight excluding hydrogens is 171 g/mol. The van der Waals surface area contributed by atoms with Gasteiger partial charge in [0.25, 0.3) is 0 Å². The minimum absolute atomic E-state index is 0.373. The van der Waals surface area contributed by atoms with E-state index in [0.29, 0.717) is 12.8 Å². The zero-order valence-electron chi connectivity index (χ0n) is 6.73. The Bertz CT molecular complexity index is 159. The van der Waals surface area contributed by atoms with Crippen molar-refractivity contribution in [2.24, 2.45) is 0 Å². The van der Waals surface area contributed by atoms with Crippen LogP contribution in [0.25, 0.3) is 0 Å². The van der Waals surface area contributed by atoms with Gasteiger partial charge in [0, 0.05) is 6.04 Å². The highest BCUT2D eigenvalue weighted by molar-refractivity contribution is 4.89. The Morgan fingerprint density at radius 1 is 1.42 bits per heavy atom. The molecule has 0 spiro atoms. The van der Waals surface area contributed by atoms with Crippen molar-refractivity contribution in [3.8, 4) is 0 Å². The third-order valence-electron chi connectivity index (χ3n) is 2.19. The first-order valence-electron chi connectivity index (χ1n) is 3.92. The Morgan fingerprint density at radius 3 is 2.25 bits per heavy atom. The zero-order valence-corrected chi connectivity index (χ0v) is 6.73. The highest BCUT2D eigenvalue weighted by atomic mass is 19.4. The standard InChI is InChI=1S/C7H12F3NO/c1-4(7(8,9)10)11-5-2-3-6(5)12/h4-6,11-12H,2-3H2,1H3/t4?,5-,6-/m1/s1. The molecule has 0 bridgehead atoms. The van der Waals surface area contributed by atoms with Gasteiger partial charge in [-0.1, -0.05) is 0 Å². The summed E-state index contributed by atoms with van der Waals surface area (Å²) in [5.41, 5.74) is 0.